The van der Waals surface area contributed by atoms with Gasteiger partial charge in [0, 0.05) is 17.0 Å². The fraction of sp³-hybridized carbons (Fsp3) is 0.300. The molecule has 2 aromatic rings. The first-order valence-electron chi connectivity index (χ1n) is 8.70. The summed E-state index contributed by atoms with van der Waals surface area (Å²) in [6.07, 6.45) is 0.00761. The third kappa shape index (κ3) is 4.10. The molecular formula is C20H19Cl2NO4S. The maximum Gasteiger partial charge on any atom is 0.295 e. The average molecular weight is 440 g/mol. The van der Waals surface area contributed by atoms with Crippen LogP contribution < -0.4 is 0 Å². The van der Waals surface area contributed by atoms with E-state index in [1.54, 1.807) is 6.07 Å². The first-order chi connectivity index (χ1) is 13.3. The molecule has 1 N–H and O–H groups in total. The summed E-state index contributed by atoms with van der Waals surface area (Å²) in [5.74, 6) is -1.67. The zero-order valence-electron chi connectivity index (χ0n) is 15.3. The second-order valence-electron chi connectivity index (χ2n) is 6.56. The Hall–Kier alpha value is -1.86. The van der Waals surface area contributed by atoms with Crippen molar-refractivity contribution in [1.82, 2.24) is 4.90 Å². The van der Waals surface area contributed by atoms with Crippen molar-refractivity contribution in [3.05, 3.63) is 61.8 Å². The van der Waals surface area contributed by atoms with Crippen LogP contribution in [-0.2, 0) is 14.3 Å². The zero-order valence-corrected chi connectivity index (χ0v) is 17.6. The number of aliphatic hydroxyl groups is 1. The molecule has 0 bridgehead atoms. The Bertz CT molecular complexity index is 924. The van der Waals surface area contributed by atoms with Crippen molar-refractivity contribution in [2.24, 2.45) is 0 Å². The van der Waals surface area contributed by atoms with Crippen molar-refractivity contribution in [2.45, 2.75) is 26.0 Å². The van der Waals surface area contributed by atoms with Crippen LogP contribution in [0.3, 0.4) is 0 Å². The fourth-order valence-corrected chi connectivity index (χ4v) is 4.18. The summed E-state index contributed by atoms with van der Waals surface area (Å²) in [6, 6.07) is 7.56. The highest BCUT2D eigenvalue weighted by atomic mass is 35.5. The number of Topliss-reactive ketones (excluding diaryl/α,β-unsaturated/α-hetero) is 1. The summed E-state index contributed by atoms with van der Waals surface area (Å²) in [6.45, 7) is 4.33. The van der Waals surface area contributed by atoms with Gasteiger partial charge in [-0.1, -0.05) is 29.3 Å². The van der Waals surface area contributed by atoms with Gasteiger partial charge in [0.2, 0.25) is 0 Å². The van der Waals surface area contributed by atoms with Gasteiger partial charge >= 0.3 is 0 Å². The van der Waals surface area contributed by atoms with Crippen molar-refractivity contribution in [3.8, 4) is 0 Å². The Labute approximate surface area is 177 Å². The highest BCUT2D eigenvalue weighted by Gasteiger charge is 2.46. The molecule has 3 rings (SSSR count). The number of nitrogens with zero attached hydrogens (tertiary/aromatic N) is 1. The van der Waals surface area contributed by atoms with E-state index in [1.807, 2.05) is 31.4 Å². The minimum absolute atomic E-state index is 0.00761. The Morgan fingerprint density at radius 1 is 1.25 bits per heavy atom. The van der Waals surface area contributed by atoms with Gasteiger partial charge in [-0.2, -0.15) is 0 Å². The van der Waals surface area contributed by atoms with Gasteiger partial charge < -0.3 is 14.7 Å². The number of likely N-dealkylation sites (tertiary alicyclic amines) is 1. The smallest absolute Gasteiger partial charge is 0.295 e. The van der Waals surface area contributed by atoms with Gasteiger partial charge in [-0.3, -0.25) is 9.59 Å². The van der Waals surface area contributed by atoms with Crippen LogP contribution in [0.1, 0.15) is 30.3 Å². The molecule has 1 saturated heterocycles. The summed E-state index contributed by atoms with van der Waals surface area (Å²) >= 11 is 13.4. The van der Waals surface area contributed by atoms with E-state index in [1.165, 1.54) is 28.4 Å². The number of carbonyl (C=O) groups is 2. The Morgan fingerprint density at radius 2 is 2.00 bits per heavy atom. The number of ether oxygens (including phenoxy) is 1. The van der Waals surface area contributed by atoms with Crippen molar-refractivity contribution in [3.63, 3.8) is 0 Å². The lowest BCUT2D eigenvalue weighted by atomic mass is 10.00. The van der Waals surface area contributed by atoms with Gasteiger partial charge in [0.1, 0.15) is 5.76 Å². The summed E-state index contributed by atoms with van der Waals surface area (Å²) in [5, 5.41) is 13.3. The van der Waals surface area contributed by atoms with Gasteiger partial charge in [-0.25, -0.2) is 0 Å². The van der Waals surface area contributed by atoms with Crippen LogP contribution in [0.4, 0.5) is 0 Å². The molecule has 1 aliphatic rings. The molecule has 28 heavy (non-hydrogen) atoms. The SMILES string of the molecule is CC(C)OCCN1C(=O)C(=O)/C(=C(\O)c2ccc(Cl)c(Cl)c2)C1c1cccs1. The third-order valence-electron chi connectivity index (χ3n) is 4.33. The number of ketones is 1. The zero-order chi connectivity index (χ0) is 20.4. The molecular weight excluding hydrogens is 421 g/mol. The molecule has 1 atom stereocenters. The lowest BCUT2D eigenvalue weighted by molar-refractivity contribution is -0.140. The molecule has 1 aromatic heterocycles. The van der Waals surface area contributed by atoms with E-state index in [2.05, 4.69) is 0 Å². The van der Waals surface area contributed by atoms with Gasteiger partial charge in [0.15, 0.2) is 0 Å². The molecule has 0 aliphatic carbocycles. The minimum Gasteiger partial charge on any atom is -0.507 e. The van der Waals surface area contributed by atoms with Crippen molar-refractivity contribution >= 4 is 52.0 Å². The summed E-state index contributed by atoms with van der Waals surface area (Å²) in [7, 11) is 0. The molecule has 1 amide bonds. The Kier molecular flexibility index (Phi) is 6.45. The maximum absolute atomic E-state index is 12.8. The molecule has 5 nitrogen and oxygen atoms in total. The lowest BCUT2D eigenvalue weighted by Gasteiger charge is -2.24. The van der Waals surface area contributed by atoms with Gasteiger partial charge in [0.25, 0.3) is 11.7 Å². The van der Waals surface area contributed by atoms with Crippen LogP contribution >= 0.6 is 34.5 Å². The molecule has 0 saturated carbocycles. The Morgan fingerprint density at radius 3 is 2.61 bits per heavy atom. The first kappa shape index (κ1) is 20.9. The maximum atomic E-state index is 12.8. The van der Waals surface area contributed by atoms with Gasteiger partial charge in [-0.05, 0) is 43.5 Å². The van der Waals surface area contributed by atoms with Crippen LogP contribution in [-0.4, -0.2) is 41.0 Å². The molecule has 148 valence electrons. The highest BCUT2D eigenvalue weighted by molar-refractivity contribution is 7.10. The summed E-state index contributed by atoms with van der Waals surface area (Å²) < 4.78 is 5.55. The average Bonchev–Trinajstić information content (AvgIpc) is 3.25. The predicted octanol–water partition coefficient (Wildman–Crippen LogP) is 4.90. The van der Waals surface area contributed by atoms with E-state index in [-0.39, 0.29) is 29.0 Å². The number of halogens is 2. The molecule has 1 fully saturated rings. The normalized spacial score (nSPS) is 19.0. The van der Waals surface area contributed by atoms with Crippen LogP contribution in [0.5, 0.6) is 0 Å². The van der Waals surface area contributed by atoms with Crippen molar-refractivity contribution in [1.29, 1.82) is 0 Å². The number of benzene rings is 1. The van der Waals surface area contributed by atoms with Crippen molar-refractivity contribution in [2.75, 3.05) is 13.2 Å². The van der Waals surface area contributed by atoms with Crippen LogP contribution in [0.2, 0.25) is 10.0 Å². The molecule has 0 radical (unpaired) electrons. The Balaban J connectivity index is 2.05. The van der Waals surface area contributed by atoms with Gasteiger partial charge in [-0.15, -0.1) is 11.3 Å². The number of amides is 1. The molecule has 2 heterocycles. The third-order valence-corrected chi connectivity index (χ3v) is 5.99. The number of hydrogen-bond donors (Lipinski definition) is 1. The topological polar surface area (TPSA) is 66.8 Å². The van der Waals surface area contributed by atoms with Crippen LogP contribution in [0.25, 0.3) is 5.76 Å². The van der Waals surface area contributed by atoms with E-state index >= 15 is 0 Å². The molecule has 1 unspecified atom stereocenters. The van der Waals surface area contributed by atoms with E-state index in [9.17, 15) is 14.7 Å². The number of aliphatic hydroxyl groups excluding tert-OH is 1. The monoisotopic (exact) mass is 439 g/mol. The summed E-state index contributed by atoms with van der Waals surface area (Å²) in [4.78, 5) is 27.7. The second kappa shape index (κ2) is 8.66. The van der Waals surface area contributed by atoms with Gasteiger partial charge in [0.05, 0.1) is 34.4 Å². The minimum atomic E-state index is -0.730. The molecule has 0 spiro atoms. The number of thiophene rings is 1. The van der Waals surface area contributed by atoms with Crippen LogP contribution in [0.15, 0.2) is 41.3 Å². The highest BCUT2D eigenvalue weighted by Crippen LogP contribution is 2.41. The van der Waals surface area contributed by atoms with E-state index in [0.717, 1.165) is 4.88 Å². The lowest BCUT2D eigenvalue weighted by Crippen LogP contribution is -2.33. The number of carbonyl (C=O) groups excluding carboxylic acids is 2. The van der Waals surface area contributed by atoms with E-state index < -0.39 is 17.7 Å². The summed E-state index contributed by atoms with van der Waals surface area (Å²) in [5.41, 5.74) is 0.364. The quantitative estimate of drug-likeness (QED) is 0.394. The molecule has 8 heteroatoms. The van der Waals surface area contributed by atoms with E-state index in [4.69, 9.17) is 27.9 Å². The fourth-order valence-electron chi connectivity index (χ4n) is 3.04. The number of hydrogen-bond acceptors (Lipinski definition) is 5. The molecule has 1 aliphatic heterocycles. The van der Waals surface area contributed by atoms with Crippen molar-refractivity contribution < 1.29 is 19.4 Å². The molecule has 1 aromatic carbocycles. The van der Waals surface area contributed by atoms with E-state index in [0.29, 0.717) is 17.2 Å². The predicted molar refractivity (Wildman–Crippen MR) is 111 cm³/mol. The standard InChI is InChI=1S/C20H19Cl2NO4S/c1-11(2)27-8-7-23-17(15-4-3-9-28-15)16(19(25)20(23)26)18(24)12-5-6-13(21)14(22)10-12/h3-6,9-11,17,24H,7-8H2,1-2H3/b18-16-. The second-order valence-corrected chi connectivity index (χ2v) is 8.35. The number of rotatable bonds is 6. The first-order valence-corrected chi connectivity index (χ1v) is 10.3. The van der Waals surface area contributed by atoms with Crippen LogP contribution in [0, 0.1) is 0 Å². The largest absolute Gasteiger partial charge is 0.507 e.